The first-order valence-corrected chi connectivity index (χ1v) is 8.71. The maximum Gasteiger partial charge on any atom is 0.310 e. The third-order valence-corrected chi connectivity index (χ3v) is 4.80. The third kappa shape index (κ3) is 4.26. The number of hydrogen-bond donors (Lipinski definition) is 0. The van der Waals surface area contributed by atoms with Gasteiger partial charge in [-0.2, -0.15) is 0 Å². The lowest BCUT2D eigenvalue weighted by molar-refractivity contribution is -0.152. The van der Waals surface area contributed by atoms with Gasteiger partial charge in [-0.3, -0.25) is 14.4 Å². The largest absolute Gasteiger partial charge is 0.466 e. The average molecular weight is 340 g/mol. The molecule has 0 bridgehead atoms. The van der Waals surface area contributed by atoms with Crippen molar-refractivity contribution in [3.8, 4) is 0 Å². The van der Waals surface area contributed by atoms with Crippen LogP contribution in [0.15, 0.2) is 0 Å². The summed E-state index contributed by atoms with van der Waals surface area (Å²) in [5.41, 5.74) is 0. The van der Waals surface area contributed by atoms with Crippen LogP contribution in [0.4, 0.5) is 0 Å². The molecule has 2 aliphatic heterocycles. The zero-order chi connectivity index (χ0) is 17.7. The lowest BCUT2D eigenvalue weighted by Gasteiger charge is -2.33. The Bertz CT molecular complexity index is 482. The Morgan fingerprint density at radius 1 is 1.29 bits per heavy atom. The van der Waals surface area contributed by atoms with Crippen molar-refractivity contribution >= 4 is 17.8 Å². The van der Waals surface area contributed by atoms with E-state index in [1.807, 2.05) is 6.92 Å². The van der Waals surface area contributed by atoms with E-state index in [9.17, 15) is 14.4 Å². The molecule has 3 atom stereocenters. The van der Waals surface area contributed by atoms with E-state index in [0.717, 1.165) is 12.8 Å². The van der Waals surface area contributed by atoms with Crippen LogP contribution in [-0.2, 0) is 23.9 Å². The highest BCUT2D eigenvalue weighted by atomic mass is 16.5. The third-order valence-electron chi connectivity index (χ3n) is 4.80. The Morgan fingerprint density at radius 2 is 2.04 bits per heavy atom. The predicted octanol–water partition coefficient (Wildman–Crippen LogP) is 0.672. The number of hydrogen-bond acceptors (Lipinski definition) is 5. The van der Waals surface area contributed by atoms with Gasteiger partial charge >= 0.3 is 5.97 Å². The molecule has 0 aliphatic carbocycles. The number of likely N-dealkylation sites (tertiary alicyclic amines) is 2. The molecule has 2 amide bonds. The number of amides is 2. The number of carbonyl (C=O) groups is 3. The van der Waals surface area contributed by atoms with Crippen molar-refractivity contribution in [2.24, 2.45) is 11.8 Å². The standard InChI is InChI=1S/C17H28N2O5/c1-4-24-17(22)13-6-5-7-18(9-13)16(21)14-8-15(20)19(10-14)12(2)11-23-3/h12-14H,4-11H2,1-3H3/t12-,13-,14-/m0/s1. The zero-order valence-corrected chi connectivity index (χ0v) is 14.8. The second kappa shape index (κ2) is 8.46. The SMILES string of the molecule is CCOC(=O)[C@H]1CCCN(C(=O)[C@H]2CC(=O)N([C@@H](C)COC)C2)C1. The van der Waals surface area contributed by atoms with Crippen molar-refractivity contribution in [3.05, 3.63) is 0 Å². The van der Waals surface area contributed by atoms with Gasteiger partial charge in [0.25, 0.3) is 0 Å². The smallest absolute Gasteiger partial charge is 0.310 e. The van der Waals surface area contributed by atoms with E-state index in [4.69, 9.17) is 9.47 Å². The summed E-state index contributed by atoms with van der Waals surface area (Å²) in [5, 5.41) is 0. The van der Waals surface area contributed by atoms with E-state index >= 15 is 0 Å². The van der Waals surface area contributed by atoms with E-state index in [1.165, 1.54) is 0 Å². The molecule has 2 aliphatic rings. The Balaban J connectivity index is 1.94. The zero-order valence-electron chi connectivity index (χ0n) is 14.8. The number of nitrogens with zero attached hydrogens (tertiary/aromatic N) is 2. The fourth-order valence-corrected chi connectivity index (χ4v) is 3.54. The van der Waals surface area contributed by atoms with Gasteiger partial charge in [-0.15, -0.1) is 0 Å². The van der Waals surface area contributed by atoms with Crippen molar-refractivity contribution < 1.29 is 23.9 Å². The molecule has 2 saturated heterocycles. The Labute approximate surface area is 143 Å². The number of esters is 1. The lowest BCUT2D eigenvalue weighted by Crippen LogP contribution is -2.46. The summed E-state index contributed by atoms with van der Waals surface area (Å²) in [6.45, 7) is 6.00. The topological polar surface area (TPSA) is 76.2 Å². The van der Waals surface area contributed by atoms with E-state index < -0.39 is 0 Å². The fraction of sp³-hybridized carbons (Fsp3) is 0.824. The van der Waals surface area contributed by atoms with E-state index in [2.05, 4.69) is 0 Å². The molecule has 2 heterocycles. The number of carbonyl (C=O) groups excluding carboxylic acids is 3. The van der Waals surface area contributed by atoms with Gasteiger partial charge in [0.05, 0.1) is 31.1 Å². The first-order chi connectivity index (χ1) is 11.5. The molecule has 0 N–H and O–H groups in total. The van der Waals surface area contributed by atoms with Crippen LogP contribution in [0.1, 0.15) is 33.1 Å². The van der Waals surface area contributed by atoms with Gasteiger partial charge in [0.15, 0.2) is 0 Å². The maximum atomic E-state index is 12.8. The minimum absolute atomic E-state index is 0.00291. The molecule has 0 saturated carbocycles. The van der Waals surface area contributed by atoms with E-state index in [-0.39, 0.29) is 42.1 Å². The molecule has 7 nitrogen and oxygen atoms in total. The molecule has 0 unspecified atom stereocenters. The van der Waals surface area contributed by atoms with Gasteiger partial charge in [0.1, 0.15) is 0 Å². The molecule has 7 heteroatoms. The highest BCUT2D eigenvalue weighted by Gasteiger charge is 2.40. The Hall–Kier alpha value is -1.63. The monoisotopic (exact) mass is 340 g/mol. The molecule has 2 rings (SSSR count). The highest BCUT2D eigenvalue weighted by molar-refractivity contribution is 5.89. The molecule has 0 radical (unpaired) electrons. The minimum Gasteiger partial charge on any atom is -0.466 e. The van der Waals surface area contributed by atoms with Crippen LogP contribution in [0.5, 0.6) is 0 Å². The summed E-state index contributed by atoms with van der Waals surface area (Å²) in [6, 6.07) is -0.0334. The molecule has 136 valence electrons. The van der Waals surface area contributed by atoms with Crippen LogP contribution < -0.4 is 0 Å². The van der Waals surface area contributed by atoms with E-state index in [0.29, 0.717) is 32.8 Å². The Morgan fingerprint density at radius 3 is 2.71 bits per heavy atom. The molecular weight excluding hydrogens is 312 g/mol. The summed E-state index contributed by atoms with van der Waals surface area (Å²) in [7, 11) is 1.60. The quantitative estimate of drug-likeness (QED) is 0.664. The van der Waals surface area contributed by atoms with Crippen LogP contribution in [-0.4, -0.2) is 73.6 Å². The fourth-order valence-electron chi connectivity index (χ4n) is 3.54. The maximum absolute atomic E-state index is 12.8. The number of ether oxygens (including phenoxy) is 2. The summed E-state index contributed by atoms with van der Waals surface area (Å²) in [5.74, 6) is -0.824. The summed E-state index contributed by atoms with van der Waals surface area (Å²) in [6.07, 6.45) is 1.79. The van der Waals surface area contributed by atoms with Crippen LogP contribution in [0, 0.1) is 11.8 Å². The van der Waals surface area contributed by atoms with Gasteiger partial charge < -0.3 is 19.3 Å². The number of rotatable bonds is 6. The van der Waals surface area contributed by atoms with Crippen LogP contribution in [0.25, 0.3) is 0 Å². The number of methoxy groups -OCH3 is 1. The summed E-state index contributed by atoms with van der Waals surface area (Å²) in [4.78, 5) is 40.3. The molecule has 0 aromatic carbocycles. The molecule has 2 fully saturated rings. The average Bonchev–Trinajstić information content (AvgIpc) is 2.96. The molecule has 0 spiro atoms. The van der Waals surface area contributed by atoms with Crippen molar-refractivity contribution in [2.45, 2.75) is 39.2 Å². The van der Waals surface area contributed by atoms with Gasteiger partial charge in [0.2, 0.25) is 11.8 Å². The molecule has 0 aromatic heterocycles. The second-order valence-electron chi connectivity index (χ2n) is 6.63. The van der Waals surface area contributed by atoms with Gasteiger partial charge in [-0.25, -0.2) is 0 Å². The molecular formula is C17H28N2O5. The summed E-state index contributed by atoms with van der Waals surface area (Å²) >= 11 is 0. The summed E-state index contributed by atoms with van der Waals surface area (Å²) < 4.78 is 10.2. The molecule has 0 aromatic rings. The van der Waals surface area contributed by atoms with Crippen molar-refractivity contribution in [2.75, 3.05) is 40.0 Å². The lowest BCUT2D eigenvalue weighted by atomic mass is 9.96. The molecule has 24 heavy (non-hydrogen) atoms. The predicted molar refractivity (Wildman–Crippen MR) is 87.1 cm³/mol. The first kappa shape index (κ1) is 18.7. The van der Waals surface area contributed by atoms with Gasteiger partial charge in [-0.05, 0) is 26.7 Å². The highest BCUT2D eigenvalue weighted by Crippen LogP contribution is 2.25. The van der Waals surface area contributed by atoms with Crippen molar-refractivity contribution in [1.82, 2.24) is 9.80 Å². The van der Waals surface area contributed by atoms with E-state index in [1.54, 1.807) is 23.8 Å². The minimum atomic E-state index is -0.322. The number of piperidine rings is 1. The van der Waals surface area contributed by atoms with Crippen LogP contribution in [0.2, 0.25) is 0 Å². The Kier molecular flexibility index (Phi) is 6.60. The normalized spacial score (nSPS) is 25.7. The van der Waals surface area contributed by atoms with Crippen LogP contribution in [0.3, 0.4) is 0 Å². The van der Waals surface area contributed by atoms with Gasteiger partial charge in [0, 0.05) is 33.2 Å². The van der Waals surface area contributed by atoms with Crippen molar-refractivity contribution in [3.63, 3.8) is 0 Å². The van der Waals surface area contributed by atoms with Gasteiger partial charge in [-0.1, -0.05) is 0 Å². The second-order valence-corrected chi connectivity index (χ2v) is 6.63. The van der Waals surface area contributed by atoms with Crippen molar-refractivity contribution in [1.29, 1.82) is 0 Å². The first-order valence-electron chi connectivity index (χ1n) is 8.71. The van der Waals surface area contributed by atoms with Crippen LogP contribution >= 0.6 is 0 Å².